The molecule has 0 bridgehead atoms. The van der Waals surface area contributed by atoms with Crippen LogP contribution in [0.3, 0.4) is 0 Å². The van der Waals surface area contributed by atoms with Crippen LogP contribution in [-0.2, 0) is 28.4 Å². The summed E-state index contributed by atoms with van der Waals surface area (Å²) in [6.45, 7) is -1.40. The van der Waals surface area contributed by atoms with E-state index in [-0.39, 0.29) is 13.0 Å². The average Bonchev–Trinajstić information content (AvgIpc) is 2.88. The van der Waals surface area contributed by atoms with E-state index in [9.17, 15) is 46.0 Å². The lowest BCUT2D eigenvalue weighted by Crippen LogP contribution is -2.65. The van der Waals surface area contributed by atoms with Gasteiger partial charge in [-0.15, -0.1) is 0 Å². The Kier molecular flexibility index (Phi) is 10.8. The normalized spacial score (nSPS) is 50.2. The smallest absolute Gasteiger partial charge is 0.187 e. The van der Waals surface area contributed by atoms with Crippen molar-refractivity contribution in [2.24, 2.45) is 5.92 Å². The minimum absolute atomic E-state index is 0.0215. The topological polar surface area (TPSA) is 237 Å². The number of ether oxygens (including phenoxy) is 6. The van der Waals surface area contributed by atoms with E-state index in [0.717, 1.165) is 0 Å². The van der Waals surface area contributed by atoms with Crippen LogP contribution in [0.15, 0.2) is 0 Å². The van der Waals surface area contributed by atoms with Crippen LogP contribution in [0.4, 0.5) is 0 Å². The highest BCUT2D eigenvalue weighted by Crippen LogP contribution is 2.32. The van der Waals surface area contributed by atoms with Gasteiger partial charge in [-0.25, -0.2) is 0 Å². The highest BCUT2D eigenvalue weighted by atomic mass is 16.7. The molecule has 0 amide bonds. The van der Waals surface area contributed by atoms with Crippen LogP contribution in [0.5, 0.6) is 0 Å². The molecule has 0 radical (unpaired) electrons. The second kappa shape index (κ2) is 13.0. The van der Waals surface area contributed by atoms with E-state index in [2.05, 4.69) is 0 Å². The van der Waals surface area contributed by atoms with Crippen molar-refractivity contribution < 1.29 is 74.4 Å². The second-order valence-electron chi connectivity index (χ2n) is 9.29. The lowest BCUT2D eigenvalue weighted by Gasteiger charge is -2.47. The molecular formula is C21H38O15. The SMILES string of the molecule is CO[C@@H]1OC(CO)[C@@H](O[C@@H]2OC(CO[C@H]3CC(CO)[C@H](O)[C@H](O)C3O)[C@@H](OC)[C@H](O)C2O)[C@H](O)C1O. The first-order valence-electron chi connectivity index (χ1n) is 11.7. The Bertz CT molecular complexity index is 667. The standard InChI is InChI=1S/C21H38O15/c1-31-18-10(6-33-8-3-7(4-22)11(24)13(26)12(8)25)35-21(17(30)14(18)27)36-19-9(5-23)34-20(32-2)16(29)15(19)28/h7-30H,3-6H2,1-2H3/t7?,8-,9?,10?,11-,12?,13-,14+,15+,16?,17?,18+,19+,20+,21-/m0/s1. The first kappa shape index (κ1) is 29.9. The fraction of sp³-hybridized carbons (Fsp3) is 1.00. The molecule has 1 aliphatic carbocycles. The van der Waals surface area contributed by atoms with Crippen LogP contribution in [0.25, 0.3) is 0 Å². The summed E-state index contributed by atoms with van der Waals surface area (Å²) in [5, 5.41) is 91.3. The molecule has 0 aromatic rings. The summed E-state index contributed by atoms with van der Waals surface area (Å²) >= 11 is 0. The van der Waals surface area contributed by atoms with Gasteiger partial charge in [0.05, 0.1) is 25.4 Å². The van der Waals surface area contributed by atoms with E-state index in [1.807, 2.05) is 0 Å². The Morgan fingerprint density at radius 1 is 0.639 bits per heavy atom. The molecule has 2 heterocycles. The molecule has 0 aromatic heterocycles. The zero-order chi connectivity index (χ0) is 26.7. The summed E-state index contributed by atoms with van der Waals surface area (Å²) in [7, 11) is 2.50. The highest BCUT2D eigenvalue weighted by molar-refractivity contribution is 4.96. The van der Waals surface area contributed by atoms with Gasteiger partial charge in [0.25, 0.3) is 0 Å². The molecule has 2 saturated heterocycles. The maximum Gasteiger partial charge on any atom is 0.187 e. The van der Waals surface area contributed by atoms with Crippen molar-refractivity contribution in [1.29, 1.82) is 0 Å². The van der Waals surface area contributed by atoms with Gasteiger partial charge in [-0.05, 0) is 6.42 Å². The Hall–Kier alpha value is -0.600. The van der Waals surface area contributed by atoms with Crippen LogP contribution in [-0.4, -0.2) is 166 Å². The predicted octanol–water partition coefficient (Wildman–Crippen LogP) is -5.60. The quantitative estimate of drug-likeness (QED) is 0.135. The average molecular weight is 531 g/mol. The third-order valence-electron chi connectivity index (χ3n) is 7.06. The molecule has 0 aromatic carbocycles. The molecule has 212 valence electrons. The van der Waals surface area contributed by atoms with Gasteiger partial charge in [0.2, 0.25) is 0 Å². The Morgan fingerprint density at radius 3 is 1.83 bits per heavy atom. The van der Waals surface area contributed by atoms with E-state index in [1.165, 1.54) is 14.2 Å². The molecule has 15 atom stereocenters. The summed E-state index contributed by atoms with van der Waals surface area (Å²) in [6, 6.07) is 0. The minimum Gasteiger partial charge on any atom is -0.396 e. The van der Waals surface area contributed by atoms with Crippen LogP contribution in [0.1, 0.15) is 6.42 Å². The fourth-order valence-corrected chi connectivity index (χ4v) is 4.86. The third-order valence-corrected chi connectivity index (χ3v) is 7.06. The third kappa shape index (κ3) is 6.01. The van der Waals surface area contributed by atoms with Crippen LogP contribution in [0.2, 0.25) is 0 Å². The summed E-state index contributed by atoms with van der Waals surface area (Å²) in [4.78, 5) is 0. The van der Waals surface area contributed by atoms with Gasteiger partial charge >= 0.3 is 0 Å². The zero-order valence-electron chi connectivity index (χ0n) is 20.0. The lowest BCUT2D eigenvalue weighted by atomic mass is 9.81. The predicted molar refractivity (Wildman–Crippen MR) is 114 cm³/mol. The van der Waals surface area contributed by atoms with Gasteiger partial charge in [-0.2, -0.15) is 0 Å². The second-order valence-corrected chi connectivity index (χ2v) is 9.29. The number of aliphatic hydroxyl groups excluding tert-OH is 9. The van der Waals surface area contributed by atoms with Gasteiger partial charge in [-0.3, -0.25) is 0 Å². The lowest BCUT2D eigenvalue weighted by molar-refractivity contribution is -0.360. The fourth-order valence-electron chi connectivity index (χ4n) is 4.86. The van der Waals surface area contributed by atoms with Crippen molar-refractivity contribution in [3.8, 4) is 0 Å². The van der Waals surface area contributed by atoms with Crippen molar-refractivity contribution in [3.05, 3.63) is 0 Å². The van der Waals surface area contributed by atoms with Gasteiger partial charge < -0.3 is 74.4 Å². The molecule has 2 aliphatic heterocycles. The maximum absolute atomic E-state index is 10.6. The summed E-state index contributed by atoms with van der Waals surface area (Å²) in [5.41, 5.74) is 0. The Morgan fingerprint density at radius 2 is 1.25 bits per heavy atom. The Labute approximate surface area is 207 Å². The zero-order valence-corrected chi connectivity index (χ0v) is 20.0. The number of hydrogen-bond acceptors (Lipinski definition) is 15. The molecule has 15 nitrogen and oxygen atoms in total. The molecule has 1 saturated carbocycles. The van der Waals surface area contributed by atoms with E-state index in [0.29, 0.717) is 0 Å². The van der Waals surface area contributed by atoms with Crippen molar-refractivity contribution in [3.63, 3.8) is 0 Å². The monoisotopic (exact) mass is 530 g/mol. The summed E-state index contributed by atoms with van der Waals surface area (Å²) in [5.74, 6) is -0.743. The van der Waals surface area contributed by atoms with Gasteiger partial charge in [0, 0.05) is 26.7 Å². The molecule has 15 heteroatoms. The largest absolute Gasteiger partial charge is 0.396 e. The van der Waals surface area contributed by atoms with E-state index in [1.54, 1.807) is 0 Å². The number of methoxy groups -OCH3 is 2. The van der Waals surface area contributed by atoms with Crippen LogP contribution >= 0.6 is 0 Å². The molecule has 3 fully saturated rings. The first-order valence-corrected chi connectivity index (χ1v) is 11.7. The molecule has 6 unspecified atom stereocenters. The minimum atomic E-state index is -1.67. The van der Waals surface area contributed by atoms with E-state index < -0.39 is 105 Å². The Balaban J connectivity index is 1.70. The molecule has 9 N–H and O–H groups in total. The van der Waals surface area contributed by atoms with Crippen molar-refractivity contribution in [2.45, 2.75) is 92.2 Å². The summed E-state index contributed by atoms with van der Waals surface area (Å²) in [6.07, 6.45) is -19.3. The highest BCUT2D eigenvalue weighted by Gasteiger charge is 2.51. The maximum atomic E-state index is 10.6. The number of rotatable bonds is 9. The van der Waals surface area contributed by atoms with Crippen LogP contribution in [0, 0.1) is 5.92 Å². The van der Waals surface area contributed by atoms with Gasteiger partial charge in [0.15, 0.2) is 12.6 Å². The first-order chi connectivity index (χ1) is 17.1. The molecule has 36 heavy (non-hydrogen) atoms. The van der Waals surface area contributed by atoms with E-state index >= 15 is 0 Å². The van der Waals surface area contributed by atoms with Gasteiger partial charge in [0.1, 0.15) is 61.0 Å². The van der Waals surface area contributed by atoms with Crippen molar-refractivity contribution >= 4 is 0 Å². The molecule has 3 aliphatic rings. The molecule has 0 spiro atoms. The summed E-state index contributed by atoms with van der Waals surface area (Å²) < 4.78 is 32.6. The molecular weight excluding hydrogens is 492 g/mol. The van der Waals surface area contributed by atoms with Crippen molar-refractivity contribution in [2.75, 3.05) is 34.0 Å². The van der Waals surface area contributed by atoms with Crippen molar-refractivity contribution in [1.82, 2.24) is 0 Å². The number of hydrogen-bond donors (Lipinski definition) is 9. The van der Waals surface area contributed by atoms with Gasteiger partial charge in [-0.1, -0.05) is 0 Å². The van der Waals surface area contributed by atoms with E-state index in [4.69, 9.17) is 28.4 Å². The number of aliphatic hydroxyl groups is 9. The van der Waals surface area contributed by atoms with Crippen LogP contribution < -0.4 is 0 Å². The molecule has 3 rings (SSSR count).